The predicted molar refractivity (Wildman–Crippen MR) is 77.8 cm³/mol. The Morgan fingerprint density at radius 1 is 1.14 bits per heavy atom. The molecule has 0 heterocycles. The zero-order valence-corrected chi connectivity index (χ0v) is 11.6. The Labute approximate surface area is 126 Å². The maximum Gasteiger partial charge on any atom is 0.387 e. The molecule has 2 aromatic rings. The first-order chi connectivity index (χ1) is 10.6. The van der Waals surface area contributed by atoms with Crippen molar-refractivity contribution in [2.75, 3.05) is 5.32 Å². The van der Waals surface area contributed by atoms with Crippen LogP contribution in [0.5, 0.6) is 5.75 Å². The molecule has 0 aromatic heterocycles. The van der Waals surface area contributed by atoms with Crippen LogP contribution in [0.15, 0.2) is 48.5 Å². The highest BCUT2D eigenvalue weighted by Gasteiger charge is 2.07. The Morgan fingerprint density at radius 2 is 1.86 bits per heavy atom. The second-order valence-electron chi connectivity index (χ2n) is 4.61. The number of hydrogen-bond donors (Lipinski definition) is 2. The van der Waals surface area contributed by atoms with Crippen LogP contribution in [0.4, 0.5) is 14.5 Å². The van der Waals surface area contributed by atoms with Gasteiger partial charge in [-0.3, -0.25) is 4.79 Å². The summed E-state index contributed by atoms with van der Waals surface area (Å²) >= 11 is 0. The van der Waals surface area contributed by atoms with Crippen LogP contribution < -0.4 is 10.1 Å². The summed E-state index contributed by atoms with van der Waals surface area (Å²) in [6.45, 7) is -2.97. The molecule has 0 aliphatic rings. The highest BCUT2D eigenvalue weighted by atomic mass is 19.3. The molecule has 0 fully saturated rings. The van der Waals surface area contributed by atoms with Gasteiger partial charge in [0.25, 0.3) is 0 Å². The number of aliphatic hydroxyl groups excluding tert-OH is 1. The fourth-order valence-corrected chi connectivity index (χ4v) is 1.93. The lowest BCUT2D eigenvalue weighted by atomic mass is 10.1. The van der Waals surface area contributed by atoms with Crippen LogP contribution in [0.1, 0.15) is 11.1 Å². The summed E-state index contributed by atoms with van der Waals surface area (Å²) in [4.78, 5) is 11.9. The number of hydrogen-bond acceptors (Lipinski definition) is 3. The molecule has 0 unspecified atom stereocenters. The van der Waals surface area contributed by atoms with E-state index in [-0.39, 0.29) is 24.7 Å². The van der Waals surface area contributed by atoms with Crippen molar-refractivity contribution >= 4 is 11.6 Å². The van der Waals surface area contributed by atoms with E-state index in [9.17, 15) is 13.6 Å². The summed E-state index contributed by atoms with van der Waals surface area (Å²) in [5, 5.41) is 11.8. The minimum atomic E-state index is -2.87. The van der Waals surface area contributed by atoms with Crippen molar-refractivity contribution in [2.24, 2.45) is 0 Å². The summed E-state index contributed by atoms with van der Waals surface area (Å²) in [6, 6.07) is 12.8. The van der Waals surface area contributed by atoms with Gasteiger partial charge < -0.3 is 15.2 Å². The molecule has 0 spiro atoms. The SMILES string of the molecule is O=C(Cc1ccc(OC(F)F)cc1)Nc1cccc(CO)c1. The molecular formula is C16H15F2NO3. The van der Waals surface area contributed by atoms with Gasteiger partial charge in [0.1, 0.15) is 5.75 Å². The topological polar surface area (TPSA) is 58.6 Å². The molecule has 0 bridgehead atoms. The number of rotatable bonds is 6. The van der Waals surface area contributed by atoms with Gasteiger partial charge in [-0.05, 0) is 35.4 Å². The van der Waals surface area contributed by atoms with Gasteiger partial charge in [-0.2, -0.15) is 8.78 Å². The van der Waals surface area contributed by atoms with Crippen LogP contribution in [-0.4, -0.2) is 17.6 Å². The van der Waals surface area contributed by atoms with E-state index in [0.717, 1.165) is 0 Å². The molecule has 6 heteroatoms. The molecule has 1 amide bonds. The Hall–Kier alpha value is -2.47. The standard InChI is InChI=1S/C16H15F2NO3/c17-16(18)22-14-6-4-11(5-7-14)9-15(21)19-13-3-1-2-12(8-13)10-20/h1-8,16,20H,9-10H2,(H,19,21). The number of ether oxygens (including phenoxy) is 1. The second kappa shape index (κ2) is 7.51. The number of carbonyl (C=O) groups excluding carboxylic acids is 1. The van der Waals surface area contributed by atoms with Crippen LogP contribution in [0, 0.1) is 0 Å². The zero-order valence-electron chi connectivity index (χ0n) is 11.6. The molecule has 0 saturated carbocycles. The van der Waals surface area contributed by atoms with E-state index < -0.39 is 6.61 Å². The van der Waals surface area contributed by atoms with Gasteiger partial charge >= 0.3 is 6.61 Å². The molecule has 2 rings (SSSR count). The third-order valence-corrected chi connectivity index (χ3v) is 2.91. The van der Waals surface area contributed by atoms with Crippen LogP contribution in [0.25, 0.3) is 0 Å². The van der Waals surface area contributed by atoms with Crippen molar-refractivity contribution < 1.29 is 23.4 Å². The van der Waals surface area contributed by atoms with Crippen molar-refractivity contribution in [3.05, 3.63) is 59.7 Å². The Balaban J connectivity index is 1.93. The molecule has 4 nitrogen and oxygen atoms in total. The van der Waals surface area contributed by atoms with Crippen LogP contribution in [0.3, 0.4) is 0 Å². The highest BCUT2D eigenvalue weighted by Crippen LogP contribution is 2.16. The fraction of sp³-hybridized carbons (Fsp3) is 0.188. The van der Waals surface area contributed by atoms with Gasteiger partial charge in [-0.25, -0.2) is 0 Å². The average molecular weight is 307 g/mol. The second-order valence-corrected chi connectivity index (χ2v) is 4.61. The van der Waals surface area contributed by atoms with Crippen molar-refractivity contribution in [3.8, 4) is 5.75 Å². The summed E-state index contributed by atoms with van der Waals surface area (Å²) in [7, 11) is 0. The largest absolute Gasteiger partial charge is 0.435 e. The van der Waals surface area contributed by atoms with E-state index in [1.807, 2.05) is 0 Å². The van der Waals surface area contributed by atoms with Gasteiger partial charge in [0, 0.05) is 5.69 Å². The third-order valence-electron chi connectivity index (χ3n) is 2.91. The fourth-order valence-electron chi connectivity index (χ4n) is 1.93. The molecular weight excluding hydrogens is 292 g/mol. The van der Waals surface area contributed by atoms with Gasteiger partial charge in [0.05, 0.1) is 13.0 Å². The molecule has 0 radical (unpaired) electrons. The quantitative estimate of drug-likeness (QED) is 0.862. The summed E-state index contributed by atoms with van der Waals surface area (Å²) in [5.74, 6) is -0.188. The first kappa shape index (κ1) is 15.9. The lowest BCUT2D eigenvalue weighted by Crippen LogP contribution is -2.14. The third kappa shape index (κ3) is 4.82. The first-order valence-corrected chi connectivity index (χ1v) is 6.60. The number of anilines is 1. The molecule has 2 N–H and O–H groups in total. The lowest BCUT2D eigenvalue weighted by Gasteiger charge is -2.08. The molecule has 22 heavy (non-hydrogen) atoms. The first-order valence-electron chi connectivity index (χ1n) is 6.60. The van der Waals surface area contributed by atoms with Gasteiger partial charge in [-0.1, -0.05) is 24.3 Å². The number of alkyl halides is 2. The van der Waals surface area contributed by atoms with E-state index in [1.54, 1.807) is 36.4 Å². The van der Waals surface area contributed by atoms with E-state index >= 15 is 0 Å². The molecule has 116 valence electrons. The number of carbonyl (C=O) groups is 1. The Morgan fingerprint density at radius 3 is 2.50 bits per heavy atom. The maximum absolute atomic E-state index is 12.0. The molecule has 2 aromatic carbocycles. The van der Waals surface area contributed by atoms with Crippen molar-refractivity contribution in [1.82, 2.24) is 0 Å². The van der Waals surface area contributed by atoms with E-state index in [1.165, 1.54) is 12.1 Å². The van der Waals surface area contributed by atoms with Crippen molar-refractivity contribution in [2.45, 2.75) is 19.6 Å². The normalized spacial score (nSPS) is 10.5. The smallest absolute Gasteiger partial charge is 0.387 e. The highest BCUT2D eigenvalue weighted by molar-refractivity contribution is 5.92. The lowest BCUT2D eigenvalue weighted by molar-refractivity contribution is -0.115. The molecule has 0 aliphatic carbocycles. The molecule has 0 atom stereocenters. The number of nitrogens with one attached hydrogen (secondary N) is 1. The average Bonchev–Trinajstić information content (AvgIpc) is 2.49. The molecule has 0 saturated heterocycles. The molecule has 0 aliphatic heterocycles. The van der Waals surface area contributed by atoms with E-state index in [4.69, 9.17) is 5.11 Å². The van der Waals surface area contributed by atoms with Crippen LogP contribution >= 0.6 is 0 Å². The summed E-state index contributed by atoms with van der Waals surface area (Å²) < 4.78 is 28.3. The maximum atomic E-state index is 12.0. The van der Waals surface area contributed by atoms with Crippen LogP contribution in [0.2, 0.25) is 0 Å². The zero-order chi connectivity index (χ0) is 15.9. The predicted octanol–water partition coefficient (Wildman–Crippen LogP) is 2.96. The van der Waals surface area contributed by atoms with Gasteiger partial charge in [0.2, 0.25) is 5.91 Å². The Bertz CT molecular complexity index is 630. The number of halogens is 2. The summed E-state index contributed by atoms with van der Waals surface area (Å²) in [6.07, 6.45) is 0.109. The Kier molecular flexibility index (Phi) is 5.43. The van der Waals surface area contributed by atoms with Gasteiger partial charge in [-0.15, -0.1) is 0 Å². The van der Waals surface area contributed by atoms with E-state index in [0.29, 0.717) is 16.8 Å². The minimum Gasteiger partial charge on any atom is -0.435 e. The van der Waals surface area contributed by atoms with Crippen LogP contribution in [-0.2, 0) is 17.8 Å². The van der Waals surface area contributed by atoms with Crippen molar-refractivity contribution in [1.29, 1.82) is 0 Å². The summed E-state index contributed by atoms with van der Waals surface area (Å²) in [5.41, 5.74) is 1.97. The number of aliphatic hydroxyl groups is 1. The number of benzene rings is 2. The monoisotopic (exact) mass is 307 g/mol. The van der Waals surface area contributed by atoms with Gasteiger partial charge in [0.15, 0.2) is 0 Å². The number of amides is 1. The van der Waals surface area contributed by atoms with E-state index in [2.05, 4.69) is 10.1 Å². The minimum absolute atomic E-state index is 0.0507. The van der Waals surface area contributed by atoms with Crippen molar-refractivity contribution in [3.63, 3.8) is 0 Å².